The third kappa shape index (κ3) is 4.95. The first-order valence-electron chi connectivity index (χ1n) is 11.1. The Hall–Kier alpha value is -3.15. The van der Waals surface area contributed by atoms with E-state index in [4.69, 9.17) is 0 Å². The molecule has 0 bridgehead atoms. The van der Waals surface area contributed by atoms with Crippen LogP contribution in [0.25, 0.3) is 0 Å². The molecule has 6 heteroatoms. The van der Waals surface area contributed by atoms with Crippen LogP contribution in [0.1, 0.15) is 49.1 Å². The number of hydrogen-bond donors (Lipinski definition) is 1. The molecule has 0 aromatic heterocycles. The van der Waals surface area contributed by atoms with Crippen molar-refractivity contribution in [3.8, 4) is 0 Å². The molecule has 2 heterocycles. The maximum atomic E-state index is 13.1. The molecule has 0 radical (unpaired) electrons. The van der Waals surface area contributed by atoms with Gasteiger partial charge in [-0.25, -0.2) is 4.79 Å². The molecule has 0 spiro atoms. The predicted octanol–water partition coefficient (Wildman–Crippen LogP) is 3.53. The van der Waals surface area contributed by atoms with E-state index in [0.29, 0.717) is 25.8 Å². The van der Waals surface area contributed by atoms with Gasteiger partial charge in [0.1, 0.15) is 6.54 Å². The van der Waals surface area contributed by atoms with Crippen molar-refractivity contribution in [3.63, 3.8) is 0 Å². The molecule has 2 fully saturated rings. The highest BCUT2D eigenvalue weighted by molar-refractivity contribution is 6.01. The van der Waals surface area contributed by atoms with Crippen LogP contribution in [0.5, 0.6) is 0 Å². The highest BCUT2D eigenvalue weighted by Gasteiger charge is 2.36. The fourth-order valence-corrected chi connectivity index (χ4v) is 4.79. The molecular weight excluding hydrogens is 390 g/mol. The van der Waals surface area contributed by atoms with Crippen molar-refractivity contribution in [2.24, 2.45) is 0 Å². The van der Waals surface area contributed by atoms with Gasteiger partial charge in [0.05, 0.1) is 0 Å². The van der Waals surface area contributed by atoms with Gasteiger partial charge in [0, 0.05) is 31.5 Å². The van der Waals surface area contributed by atoms with Crippen molar-refractivity contribution in [1.29, 1.82) is 0 Å². The molecular formula is C25H29N3O3. The summed E-state index contributed by atoms with van der Waals surface area (Å²) in [5.74, 6) is 0.0864. The fraction of sp³-hybridized carbons (Fsp3) is 0.400. The topological polar surface area (TPSA) is 69.7 Å². The molecule has 0 saturated carbocycles. The normalized spacial score (nSPS) is 18.7. The van der Waals surface area contributed by atoms with Crippen LogP contribution >= 0.6 is 0 Å². The Labute approximate surface area is 183 Å². The smallest absolute Gasteiger partial charge is 0.324 e. The summed E-state index contributed by atoms with van der Waals surface area (Å²) in [6.07, 6.45) is 3.90. The van der Waals surface area contributed by atoms with Gasteiger partial charge in [-0.1, -0.05) is 60.7 Å². The number of unbranched alkanes of at least 4 members (excludes halogenated alkanes) is 1. The number of carbonyl (C=O) groups is 3. The molecule has 6 nitrogen and oxygen atoms in total. The molecule has 1 atom stereocenters. The second-order valence-electron chi connectivity index (χ2n) is 8.33. The number of hydrogen-bond acceptors (Lipinski definition) is 3. The molecule has 2 aliphatic rings. The summed E-state index contributed by atoms with van der Waals surface area (Å²) >= 11 is 0. The summed E-state index contributed by atoms with van der Waals surface area (Å²) in [5.41, 5.74) is 2.48. The van der Waals surface area contributed by atoms with E-state index in [1.54, 1.807) is 0 Å². The molecule has 0 aliphatic carbocycles. The lowest BCUT2D eigenvalue weighted by molar-refractivity contribution is -0.132. The number of rotatable bonds is 8. The third-order valence-corrected chi connectivity index (χ3v) is 6.26. The maximum absolute atomic E-state index is 13.1. The number of nitrogens with zero attached hydrogens (tertiary/aromatic N) is 2. The molecule has 162 valence electrons. The average molecular weight is 420 g/mol. The van der Waals surface area contributed by atoms with E-state index in [1.165, 1.54) is 16.0 Å². The average Bonchev–Trinajstić information content (AvgIpc) is 3.39. The molecule has 2 saturated heterocycles. The van der Waals surface area contributed by atoms with Gasteiger partial charge in [0.15, 0.2) is 0 Å². The lowest BCUT2D eigenvalue weighted by atomic mass is 9.84. The summed E-state index contributed by atoms with van der Waals surface area (Å²) in [7, 11) is 0. The highest BCUT2D eigenvalue weighted by atomic mass is 16.2. The van der Waals surface area contributed by atoms with Crippen LogP contribution in [-0.2, 0) is 9.59 Å². The molecule has 1 N–H and O–H groups in total. The van der Waals surface area contributed by atoms with Crippen LogP contribution in [0.3, 0.4) is 0 Å². The van der Waals surface area contributed by atoms with Crippen molar-refractivity contribution in [3.05, 3.63) is 71.8 Å². The van der Waals surface area contributed by atoms with Crippen LogP contribution in [0.15, 0.2) is 60.7 Å². The van der Waals surface area contributed by atoms with Crippen LogP contribution in [0.2, 0.25) is 0 Å². The lowest BCUT2D eigenvalue weighted by Gasteiger charge is -2.33. The Morgan fingerprint density at radius 1 is 0.968 bits per heavy atom. The molecule has 2 aromatic carbocycles. The number of likely N-dealkylation sites (tertiary alicyclic amines) is 1. The van der Waals surface area contributed by atoms with Gasteiger partial charge in [-0.05, 0) is 36.8 Å². The number of urea groups is 1. The van der Waals surface area contributed by atoms with E-state index in [1.807, 2.05) is 12.1 Å². The van der Waals surface area contributed by atoms with Crippen molar-refractivity contribution in [2.45, 2.75) is 44.1 Å². The number of nitrogens with one attached hydrogen (secondary N) is 1. The molecule has 31 heavy (non-hydrogen) atoms. The Morgan fingerprint density at radius 3 is 2.19 bits per heavy atom. The van der Waals surface area contributed by atoms with Gasteiger partial charge < -0.3 is 9.80 Å². The fourth-order valence-electron chi connectivity index (χ4n) is 4.79. The number of imide groups is 1. The Kier molecular flexibility index (Phi) is 6.65. The number of amides is 4. The van der Waals surface area contributed by atoms with E-state index >= 15 is 0 Å². The molecule has 4 amide bonds. The van der Waals surface area contributed by atoms with Gasteiger partial charge in [-0.15, -0.1) is 0 Å². The second-order valence-corrected chi connectivity index (χ2v) is 8.33. The van der Waals surface area contributed by atoms with Crippen molar-refractivity contribution in [2.75, 3.05) is 19.6 Å². The summed E-state index contributed by atoms with van der Waals surface area (Å²) in [6.45, 7) is 1.42. The largest absolute Gasteiger partial charge is 0.339 e. The zero-order chi connectivity index (χ0) is 21.6. The van der Waals surface area contributed by atoms with Gasteiger partial charge in [0.25, 0.3) is 0 Å². The van der Waals surface area contributed by atoms with Crippen LogP contribution in [0, 0.1) is 0 Å². The Bertz CT molecular complexity index is 877. The number of benzene rings is 2. The molecule has 1 unspecified atom stereocenters. The highest BCUT2D eigenvalue weighted by Crippen LogP contribution is 2.36. The van der Waals surface area contributed by atoms with E-state index < -0.39 is 0 Å². The van der Waals surface area contributed by atoms with Crippen LogP contribution < -0.4 is 5.32 Å². The van der Waals surface area contributed by atoms with Gasteiger partial charge >= 0.3 is 6.03 Å². The maximum Gasteiger partial charge on any atom is 0.324 e. The first-order valence-corrected chi connectivity index (χ1v) is 11.1. The summed E-state index contributed by atoms with van der Waals surface area (Å²) in [5, 5.41) is 2.28. The van der Waals surface area contributed by atoms with Gasteiger partial charge in [-0.3, -0.25) is 14.9 Å². The third-order valence-electron chi connectivity index (χ3n) is 6.26. The van der Waals surface area contributed by atoms with E-state index in [2.05, 4.69) is 58.7 Å². The van der Waals surface area contributed by atoms with Crippen LogP contribution in [0.4, 0.5) is 4.79 Å². The standard InChI is InChI=1S/C25H29N3O3/c29-22-18-27(25(31)26-22)16-8-7-15-23(30)28-17-9-14-21(28)24(19-10-3-1-4-11-19)20-12-5-2-6-13-20/h1-6,10-13,21,24H,7-9,14-18H2,(H,26,29,31). The van der Waals surface area contributed by atoms with Gasteiger partial charge in [-0.2, -0.15) is 0 Å². The van der Waals surface area contributed by atoms with E-state index in [-0.39, 0.29) is 36.3 Å². The first-order chi connectivity index (χ1) is 15.1. The van der Waals surface area contributed by atoms with Crippen molar-refractivity contribution < 1.29 is 14.4 Å². The summed E-state index contributed by atoms with van der Waals surface area (Å²) in [6, 6.07) is 20.7. The SMILES string of the molecule is O=C1CN(CCCCC(=O)N2CCCC2C(c2ccccc2)c2ccccc2)C(=O)N1. The Balaban J connectivity index is 1.40. The van der Waals surface area contributed by atoms with E-state index in [0.717, 1.165) is 19.4 Å². The van der Waals surface area contributed by atoms with Crippen molar-refractivity contribution >= 4 is 17.8 Å². The van der Waals surface area contributed by atoms with Gasteiger partial charge in [0.2, 0.25) is 11.8 Å². The quantitative estimate of drug-likeness (QED) is 0.526. The predicted molar refractivity (Wildman–Crippen MR) is 118 cm³/mol. The van der Waals surface area contributed by atoms with Crippen LogP contribution in [-0.4, -0.2) is 53.3 Å². The van der Waals surface area contributed by atoms with Crippen molar-refractivity contribution in [1.82, 2.24) is 15.1 Å². The summed E-state index contributed by atoms with van der Waals surface area (Å²) in [4.78, 5) is 39.6. The minimum absolute atomic E-state index is 0.122. The minimum Gasteiger partial charge on any atom is -0.339 e. The second kappa shape index (κ2) is 9.77. The molecule has 2 aromatic rings. The van der Waals surface area contributed by atoms with E-state index in [9.17, 15) is 14.4 Å². The molecule has 2 aliphatic heterocycles. The minimum atomic E-state index is -0.329. The number of carbonyl (C=O) groups excluding carboxylic acids is 3. The zero-order valence-corrected chi connectivity index (χ0v) is 17.7. The molecule has 4 rings (SSSR count). The first kappa shape index (κ1) is 21.1. The zero-order valence-electron chi connectivity index (χ0n) is 17.7. The lowest BCUT2D eigenvalue weighted by Crippen LogP contribution is -2.39. The summed E-state index contributed by atoms with van der Waals surface area (Å²) < 4.78 is 0. The monoisotopic (exact) mass is 419 g/mol. The Morgan fingerprint density at radius 2 is 1.61 bits per heavy atom.